The molecule has 2 N–H and O–H groups in total. The predicted molar refractivity (Wildman–Crippen MR) is 125 cm³/mol. The highest BCUT2D eigenvalue weighted by molar-refractivity contribution is 6.05. The molecule has 1 aliphatic rings. The standard InChI is InChI=1S/C26H27N3O4/c30-25(22-5-2-1-3-6-22)28-24(17-23-7-4-14-33-23)26(31)27-18-20-8-10-21(11-9-20)19-29-12-15-32-16-13-29/h1-11,14,17H,12-13,15-16,18-19H2,(H,27,31)(H,28,30)/b24-17-. The Kier molecular flexibility index (Phi) is 7.68. The molecule has 1 aliphatic heterocycles. The highest BCUT2D eigenvalue weighted by Gasteiger charge is 2.15. The van der Waals surface area contributed by atoms with E-state index in [9.17, 15) is 9.59 Å². The Morgan fingerprint density at radius 3 is 2.33 bits per heavy atom. The lowest BCUT2D eigenvalue weighted by molar-refractivity contribution is -0.117. The second-order valence-corrected chi connectivity index (χ2v) is 7.78. The Hall–Kier alpha value is -3.68. The van der Waals surface area contributed by atoms with E-state index in [1.54, 1.807) is 36.4 Å². The number of benzene rings is 2. The van der Waals surface area contributed by atoms with Gasteiger partial charge in [0.2, 0.25) is 0 Å². The largest absolute Gasteiger partial charge is 0.465 e. The second kappa shape index (κ2) is 11.3. The molecule has 1 saturated heterocycles. The smallest absolute Gasteiger partial charge is 0.268 e. The molecule has 0 saturated carbocycles. The van der Waals surface area contributed by atoms with Crippen molar-refractivity contribution >= 4 is 17.9 Å². The van der Waals surface area contributed by atoms with Crippen LogP contribution in [0.4, 0.5) is 0 Å². The number of morpholine rings is 1. The molecule has 0 spiro atoms. The molecule has 170 valence electrons. The van der Waals surface area contributed by atoms with E-state index in [1.807, 2.05) is 18.2 Å². The van der Waals surface area contributed by atoms with Crippen LogP contribution < -0.4 is 10.6 Å². The number of rotatable bonds is 8. The van der Waals surface area contributed by atoms with Gasteiger partial charge in [0, 0.05) is 37.8 Å². The molecule has 0 unspecified atom stereocenters. The predicted octanol–water partition coefficient (Wildman–Crippen LogP) is 3.20. The second-order valence-electron chi connectivity index (χ2n) is 7.78. The minimum Gasteiger partial charge on any atom is -0.465 e. The Morgan fingerprint density at radius 2 is 1.64 bits per heavy atom. The molecule has 1 fully saturated rings. The molecule has 33 heavy (non-hydrogen) atoms. The third-order valence-electron chi connectivity index (χ3n) is 5.34. The summed E-state index contributed by atoms with van der Waals surface area (Å²) >= 11 is 0. The van der Waals surface area contributed by atoms with E-state index in [1.165, 1.54) is 17.9 Å². The highest BCUT2D eigenvalue weighted by atomic mass is 16.5. The van der Waals surface area contributed by atoms with E-state index < -0.39 is 5.91 Å². The van der Waals surface area contributed by atoms with Crippen molar-refractivity contribution in [3.05, 3.63) is 101 Å². The van der Waals surface area contributed by atoms with Crippen molar-refractivity contribution in [1.29, 1.82) is 0 Å². The Labute approximate surface area is 193 Å². The monoisotopic (exact) mass is 445 g/mol. The number of ether oxygens (including phenoxy) is 1. The van der Waals surface area contributed by atoms with E-state index in [0.717, 1.165) is 38.4 Å². The van der Waals surface area contributed by atoms with Crippen LogP contribution in [0, 0.1) is 0 Å². The van der Waals surface area contributed by atoms with Gasteiger partial charge in [-0.05, 0) is 35.4 Å². The van der Waals surface area contributed by atoms with Crippen molar-refractivity contribution in [1.82, 2.24) is 15.5 Å². The van der Waals surface area contributed by atoms with E-state index in [0.29, 0.717) is 17.9 Å². The number of nitrogens with zero attached hydrogens (tertiary/aromatic N) is 1. The van der Waals surface area contributed by atoms with Crippen LogP contribution in [0.3, 0.4) is 0 Å². The SMILES string of the molecule is O=C(NCc1ccc(CN2CCOCC2)cc1)/C(=C/c1ccco1)NC(=O)c1ccccc1. The van der Waals surface area contributed by atoms with Gasteiger partial charge in [-0.1, -0.05) is 42.5 Å². The molecule has 2 amide bonds. The molecule has 7 heteroatoms. The topological polar surface area (TPSA) is 83.8 Å². The molecule has 0 radical (unpaired) electrons. The van der Waals surface area contributed by atoms with Crippen molar-refractivity contribution < 1.29 is 18.7 Å². The molecule has 3 aromatic rings. The molecular weight excluding hydrogens is 418 g/mol. The van der Waals surface area contributed by atoms with Gasteiger partial charge >= 0.3 is 0 Å². The van der Waals surface area contributed by atoms with Gasteiger partial charge in [0.1, 0.15) is 11.5 Å². The Bertz CT molecular complexity index is 1070. The van der Waals surface area contributed by atoms with Gasteiger partial charge in [0.15, 0.2) is 0 Å². The molecular formula is C26H27N3O4. The van der Waals surface area contributed by atoms with Gasteiger partial charge in [-0.3, -0.25) is 14.5 Å². The summed E-state index contributed by atoms with van der Waals surface area (Å²) in [5.74, 6) is -0.287. The van der Waals surface area contributed by atoms with Crippen molar-refractivity contribution in [3.8, 4) is 0 Å². The molecule has 0 aliphatic carbocycles. The molecule has 2 heterocycles. The van der Waals surface area contributed by atoms with E-state index in [-0.39, 0.29) is 11.6 Å². The minimum absolute atomic E-state index is 0.114. The zero-order chi connectivity index (χ0) is 22.9. The van der Waals surface area contributed by atoms with Crippen molar-refractivity contribution in [2.24, 2.45) is 0 Å². The van der Waals surface area contributed by atoms with Crippen molar-refractivity contribution in [2.75, 3.05) is 26.3 Å². The normalized spacial score (nSPS) is 14.6. The zero-order valence-corrected chi connectivity index (χ0v) is 18.3. The maximum Gasteiger partial charge on any atom is 0.268 e. The number of nitrogens with one attached hydrogen (secondary N) is 2. The lowest BCUT2D eigenvalue weighted by atomic mass is 10.1. The number of carbonyl (C=O) groups excluding carboxylic acids is 2. The summed E-state index contributed by atoms with van der Waals surface area (Å²) in [6.45, 7) is 4.66. The Balaban J connectivity index is 1.37. The summed E-state index contributed by atoms with van der Waals surface area (Å²) in [5.41, 5.74) is 2.77. The number of furan rings is 1. The summed E-state index contributed by atoms with van der Waals surface area (Å²) < 4.78 is 10.7. The van der Waals surface area contributed by atoms with Gasteiger partial charge in [0.05, 0.1) is 19.5 Å². The van der Waals surface area contributed by atoms with E-state index in [2.05, 4.69) is 27.7 Å². The van der Waals surface area contributed by atoms with Gasteiger partial charge < -0.3 is 19.8 Å². The molecule has 2 aromatic carbocycles. The van der Waals surface area contributed by atoms with Gasteiger partial charge in [0.25, 0.3) is 11.8 Å². The first-order valence-electron chi connectivity index (χ1n) is 10.9. The third kappa shape index (κ3) is 6.65. The van der Waals surface area contributed by atoms with Crippen LogP contribution in [0.25, 0.3) is 6.08 Å². The van der Waals surface area contributed by atoms with Crippen LogP contribution in [0.5, 0.6) is 0 Å². The van der Waals surface area contributed by atoms with Crippen LogP contribution in [0.15, 0.2) is 83.1 Å². The maximum atomic E-state index is 12.9. The summed E-state index contributed by atoms with van der Waals surface area (Å²) in [6.07, 6.45) is 3.03. The minimum atomic E-state index is -0.395. The summed E-state index contributed by atoms with van der Waals surface area (Å²) in [7, 11) is 0. The van der Waals surface area contributed by atoms with Crippen LogP contribution in [-0.4, -0.2) is 43.0 Å². The molecule has 7 nitrogen and oxygen atoms in total. The van der Waals surface area contributed by atoms with Gasteiger partial charge in [-0.25, -0.2) is 0 Å². The lowest BCUT2D eigenvalue weighted by Gasteiger charge is -2.26. The Morgan fingerprint density at radius 1 is 0.909 bits per heavy atom. The van der Waals surface area contributed by atoms with Crippen LogP contribution in [0.2, 0.25) is 0 Å². The number of carbonyl (C=O) groups is 2. The molecule has 0 bridgehead atoms. The highest BCUT2D eigenvalue weighted by Crippen LogP contribution is 2.11. The van der Waals surface area contributed by atoms with Crippen molar-refractivity contribution in [2.45, 2.75) is 13.1 Å². The molecule has 1 aromatic heterocycles. The maximum absolute atomic E-state index is 12.9. The fourth-order valence-electron chi connectivity index (χ4n) is 3.52. The average molecular weight is 446 g/mol. The summed E-state index contributed by atoms with van der Waals surface area (Å²) in [5, 5.41) is 5.58. The summed E-state index contributed by atoms with van der Waals surface area (Å²) in [4.78, 5) is 27.8. The fraction of sp³-hybridized carbons (Fsp3) is 0.231. The average Bonchev–Trinajstić information content (AvgIpc) is 3.37. The quantitative estimate of drug-likeness (QED) is 0.521. The van der Waals surface area contributed by atoms with Crippen LogP contribution >= 0.6 is 0 Å². The first-order chi connectivity index (χ1) is 16.2. The fourth-order valence-corrected chi connectivity index (χ4v) is 3.52. The molecule has 4 rings (SSSR count). The van der Waals surface area contributed by atoms with Gasteiger partial charge in [-0.15, -0.1) is 0 Å². The van der Waals surface area contributed by atoms with E-state index in [4.69, 9.17) is 9.15 Å². The van der Waals surface area contributed by atoms with Crippen molar-refractivity contribution in [3.63, 3.8) is 0 Å². The lowest BCUT2D eigenvalue weighted by Crippen LogP contribution is -2.35. The van der Waals surface area contributed by atoms with Crippen LogP contribution in [0.1, 0.15) is 27.2 Å². The molecule has 0 atom stereocenters. The van der Waals surface area contributed by atoms with Gasteiger partial charge in [-0.2, -0.15) is 0 Å². The third-order valence-corrected chi connectivity index (χ3v) is 5.34. The number of hydrogen-bond acceptors (Lipinski definition) is 5. The zero-order valence-electron chi connectivity index (χ0n) is 18.3. The van der Waals surface area contributed by atoms with Crippen LogP contribution in [-0.2, 0) is 22.6 Å². The first-order valence-corrected chi connectivity index (χ1v) is 10.9. The number of amides is 2. The first kappa shape index (κ1) is 22.5. The number of hydrogen-bond donors (Lipinski definition) is 2. The summed E-state index contributed by atoms with van der Waals surface area (Å²) in [6, 6.07) is 20.4. The van der Waals surface area contributed by atoms with E-state index >= 15 is 0 Å².